The van der Waals surface area contributed by atoms with Crippen LogP contribution >= 0.6 is 0 Å². The van der Waals surface area contributed by atoms with Gasteiger partial charge < -0.3 is 20.1 Å². The van der Waals surface area contributed by atoms with Crippen molar-refractivity contribution in [2.45, 2.75) is 58.2 Å². The Bertz CT molecular complexity index is 542. The van der Waals surface area contributed by atoms with Crippen molar-refractivity contribution in [1.29, 1.82) is 0 Å². The maximum Gasteiger partial charge on any atom is 0.303 e. The molecule has 0 radical (unpaired) electrons. The molecule has 0 heterocycles. The Balaban J connectivity index is 1.82. The highest BCUT2D eigenvalue weighted by Gasteiger charge is 2.45. The maximum atomic E-state index is 10.4. The van der Waals surface area contributed by atoms with Crippen LogP contribution in [0.1, 0.15) is 46.0 Å². The van der Waals surface area contributed by atoms with E-state index < -0.39 is 18.2 Å². The highest BCUT2D eigenvalue weighted by molar-refractivity contribution is 5.66. The number of carboxylic acids is 1. The van der Waals surface area contributed by atoms with Crippen LogP contribution in [0.15, 0.2) is 11.6 Å². The third-order valence-corrected chi connectivity index (χ3v) is 5.25. The van der Waals surface area contributed by atoms with Crippen molar-refractivity contribution in [3.63, 3.8) is 0 Å². The zero-order valence-corrected chi connectivity index (χ0v) is 15.1. The number of allylic oxidation sites excluding steroid dienone is 1. The summed E-state index contributed by atoms with van der Waals surface area (Å²) in [5, 5.41) is 28.7. The van der Waals surface area contributed by atoms with E-state index >= 15 is 0 Å². The Morgan fingerprint density at radius 1 is 1.40 bits per heavy atom. The zero-order chi connectivity index (χ0) is 18.4. The molecular formula is C20H30O5. The molecule has 2 aliphatic rings. The van der Waals surface area contributed by atoms with Gasteiger partial charge in [-0.3, -0.25) is 4.79 Å². The van der Waals surface area contributed by atoms with Gasteiger partial charge in [0, 0.05) is 18.9 Å². The number of fused-ring (bicyclic) bond motifs is 1. The second-order valence-electron chi connectivity index (χ2n) is 7.57. The number of rotatable bonds is 7. The van der Waals surface area contributed by atoms with Gasteiger partial charge in [0.05, 0.1) is 12.7 Å². The summed E-state index contributed by atoms with van der Waals surface area (Å²) >= 11 is 0. The van der Waals surface area contributed by atoms with Gasteiger partial charge in [-0.05, 0) is 43.4 Å². The third-order valence-electron chi connectivity index (χ3n) is 5.25. The Morgan fingerprint density at radius 3 is 2.84 bits per heavy atom. The van der Waals surface area contributed by atoms with Gasteiger partial charge in [0.25, 0.3) is 0 Å². The summed E-state index contributed by atoms with van der Waals surface area (Å²) in [5.74, 6) is 6.12. The second-order valence-corrected chi connectivity index (χ2v) is 7.57. The average molecular weight is 350 g/mol. The summed E-state index contributed by atoms with van der Waals surface area (Å²) in [7, 11) is 0. The number of aliphatic hydroxyl groups excluding tert-OH is 2. The molecule has 0 spiro atoms. The zero-order valence-electron chi connectivity index (χ0n) is 15.1. The molecule has 2 aliphatic carbocycles. The highest BCUT2D eigenvalue weighted by atomic mass is 16.5. The number of aliphatic carboxylic acids is 1. The van der Waals surface area contributed by atoms with E-state index in [1.165, 1.54) is 5.57 Å². The highest BCUT2D eigenvalue weighted by Crippen LogP contribution is 2.49. The topological polar surface area (TPSA) is 87.0 Å². The van der Waals surface area contributed by atoms with Crippen LogP contribution in [0.3, 0.4) is 0 Å². The first-order valence-electron chi connectivity index (χ1n) is 9.23. The average Bonchev–Trinajstić information content (AvgIpc) is 3.04. The van der Waals surface area contributed by atoms with E-state index in [9.17, 15) is 15.0 Å². The van der Waals surface area contributed by atoms with Gasteiger partial charge >= 0.3 is 5.97 Å². The first kappa shape index (κ1) is 20.0. The van der Waals surface area contributed by atoms with Crippen molar-refractivity contribution in [2.24, 2.45) is 23.7 Å². The lowest BCUT2D eigenvalue weighted by molar-refractivity contribution is -0.137. The van der Waals surface area contributed by atoms with Crippen molar-refractivity contribution in [3.05, 3.63) is 11.6 Å². The van der Waals surface area contributed by atoms with Crippen molar-refractivity contribution in [2.75, 3.05) is 13.2 Å². The van der Waals surface area contributed by atoms with Crippen molar-refractivity contribution in [1.82, 2.24) is 0 Å². The van der Waals surface area contributed by atoms with Crippen LogP contribution in [0.25, 0.3) is 0 Å². The number of carbonyl (C=O) groups is 1. The first-order valence-corrected chi connectivity index (χ1v) is 9.23. The van der Waals surface area contributed by atoms with Crippen molar-refractivity contribution >= 4 is 5.97 Å². The molecule has 5 heteroatoms. The molecule has 5 atom stereocenters. The lowest BCUT2D eigenvalue weighted by Gasteiger charge is -2.15. The van der Waals surface area contributed by atoms with E-state index in [4.69, 9.17) is 9.84 Å². The molecular weight excluding hydrogens is 320 g/mol. The van der Waals surface area contributed by atoms with Gasteiger partial charge in [0.2, 0.25) is 0 Å². The minimum atomic E-state index is -0.793. The quantitative estimate of drug-likeness (QED) is 0.372. The molecule has 0 bridgehead atoms. The molecule has 2 fully saturated rings. The van der Waals surface area contributed by atoms with Crippen LogP contribution in [0, 0.1) is 35.5 Å². The molecule has 140 valence electrons. The molecule has 3 N–H and O–H groups in total. The molecule has 25 heavy (non-hydrogen) atoms. The summed E-state index contributed by atoms with van der Waals surface area (Å²) in [5.41, 5.74) is 1.34. The van der Waals surface area contributed by atoms with E-state index in [0.717, 1.165) is 19.3 Å². The Labute approximate surface area is 150 Å². The molecule has 0 aromatic rings. The lowest BCUT2D eigenvalue weighted by atomic mass is 9.91. The van der Waals surface area contributed by atoms with Crippen LogP contribution < -0.4 is 0 Å². The number of hydrogen-bond donors (Lipinski definition) is 3. The first-order chi connectivity index (χ1) is 11.9. The van der Waals surface area contributed by atoms with E-state index in [0.29, 0.717) is 31.5 Å². The molecule has 2 saturated carbocycles. The normalized spacial score (nSPS) is 31.0. The summed E-state index contributed by atoms with van der Waals surface area (Å²) < 4.78 is 5.47. The maximum absolute atomic E-state index is 10.4. The van der Waals surface area contributed by atoms with Gasteiger partial charge in [-0.15, -0.1) is 0 Å². The Morgan fingerprint density at radius 2 is 2.16 bits per heavy atom. The van der Waals surface area contributed by atoms with Crippen LogP contribution in [0.4, 0.5) is 0 Å². The molecule has 2 rings (SSSR count). The monoisotopic (exact) mass is 350 g/mol. The fraction of sp³-hybridized carbons (Fsp3) is 0.750. The smallest absolute Gasteiger partial charge is 0.303 e. The van der Waals surface area contributed by atoms with E-state index in [1.54, 1.807) is 0 Å². The second kappa shape index (κ2) is 9.38. The van der Waals surface area contributed by atoms with E-state index in [1.807, 2.05) is 13.8 Å². The van der Waals surface area contributed by atoms with Crippen LogP contribution in [0.5, 0.6) is 0 Å². The summed E-state index contributed by atoms with van der Waals surface area (Å²) in [4.78, 5) is 10.4. The van der Waals surface area contributed by atoms with Gasteiger partial charge in [0.1, 0.15) is 6.10 Å². The molecule has 0 amide bonds. The predicted octanol–water partition coefficient (Wildman–Crippen LogP) is 2.22. The number of ether oxygens (including phenoxy) is 1. The van der Waals surface area contributed by atoms with E-state index in [-0.39, 0.29) is 18.3 Å². The van der Waals surface area contributed by atoms with Gasteiger partial charge in [0.15, 0.2) is 0 Å². The molecule has 0 aliphatic heterocycles. The van der Waals surface area contributed by atoms with Crippen molar-refractivity contribution in [3.8, 4) is 11.8 Å². The summed E-state index contributed by atoms with van der Waals surface area (Å²) in [6.45, 7) is 4.84. The molecule has 5 nitrogen and oxygen atoms in total. The van der Waals surface area contributed by atoms with Gasteiger partial charge in [-0.25, -0.2) is 0 Å². The summed E-state index contributed by atoms with van der Waals surface area (Å²) in [6, 6.07) is 0. The van der Waals surface area contributed by atoms with Crippen molar-refractivity contribution < 1.29 is 24.9 Å². The minimum Gasteiger partial charge on any atom is -0.481 e. The summed E-state index contributed by atoms with van der Waals surface area (Å²) in [6.07, 6.45) is 4.42. The third kappa shape index (κ3) is 5.85. The Kier molecular flexibility index (Phi) is 7.49. The fourth-order valence-electron chi connectivity index (χ4n) is 3.77. The number of aliphatic hydroxyl groups is 2. The van der Waals surface area contributed by atoms with Gasteiger partial charge in [-0.2, -0.15) is 0 Å². The SMILES string of the molecule is CC(C)[C@H](O)C#C[C@@H]1[C@H]2C/C(=C/COCCCC(=O)O)C[C@H]2C[C@H]1O. The van der Waals surface area contributed by atoms with E-state index in [2.05, 4.69) is 17.9 Å². The number of carboxylic acid groups (broad SMARTS) is 1. The van der Waals surface area contributed by atoms with Crippen LogP contribution in [0.2, 0.25) is 0 Å². The molecule has 0 unspecified atom stereocenters. The fourth-order valence-corrected chi connectivity index (χ4v) is 3.77. The predicted molar refractivity (Wildman–Crippen MR) is 94.7 cm³/mol. The largest absolute Gasteiger partial charge is 0.481 e. The molecule has 0 saturated heterocycles. The van der Waals surface area contributed by atoms with Crippen LogP contribution in [-0.2, 0) is 9.53 Å². The molecule has 0 aromatic heterocycles. The number of hydrogen-bond acceptors (Lipinski definition) is 4. The van der Waals surface area contributed by atoms with Gasteiger partial charge in [-0.1, -0.05) is 37.3 Å². The minimum absolute atomic E-state index is 0.0548. The lowest BCUT2D eigenvalue weighted by Crippen LogP contribution is -2.19. The Hall–Kier alpha value is -1.35. The molecule has 0 aromatic carbocycles. The standard InChI is InChI=1S/C20H30O5/c1-13(2)18(21)6-5-16-17-11-14(10-15(17)12-19(16)22)7-9-25-8-3-4-20(23)24/h7,13,15-19,21-22H,3-4,8-12H2,1-2H3,(H,23,24)/b14-7+/t15-,16+,17-,18+,19+/m0/s1. The van der Waals surface area contributed by atoms with Crippen LogP contribution in [-0.4, -0.2) is 46.7 Å².